The zero-order valence-corrected chi connectivity index (χ0v) is 9.81. The van der Waals surface area contributed by atoms with Crippen LogP contribution in [0.25, 0.3) is 10.9 Å². The largest absolute Gasteiger partial charge is 0.398 e. The van der Waals surface area contributed by atoms with Crippen molar-refractivity contribution in [3.05, 3.63) is 34.2 Å². The Morgan fingerprint density at radius 2 is 2.13 bits per heavy atom. The number of hydrogen-bond acceptors (Lipinski definition) is 2. The Labute approximate surface area is 95.4 Å². The maximum Gasteiger partial charge on any atom is 0.139 e. The SMILES string of the molecule is CCc1cc(N)c2cc(Br)c(F)cc2n1. The molecular weight excluding hydrogens is 259 g/mol. The molecule has 0 spiro atoms. The molecule has 15 heavy (non-hydrogen) atoms. The summed E-state index contributed by atoms with van der Waals surface area (Å²) in [6.45, 7) is 1.99. The first-order valence-corrected chi connectivity index (χ1v) is 5.45. The first-order chi connectivity index (χ1) is 7.11. The molecule has 1 aromatic heterocycles. The van der Waals surface area contributed by atoms with Crippen molar-refractivity contribution in [3.63, 3.8) is 0 Å². The summed E-state index contributed by atoms with van der Waals surface area (Å²) >= 11 is 3.13. The van der Waals surface area contributed by atoms with Crippen LogP contribution in [-0.4, -0.2) is 4.98 Å². The molecule has 0 saturated carbocycles. The van der Waals surface area contributed by atoms with E-state index < -0.39 is 0 Å². The van der Waals surface area contributed by atoms with Gasteiger partial charge in [0, 0.05) is 22.8 Å². The van der Waals surface area contributed by atoms with E-state index in [0.29, 0.717) is 15.7 Å². The number of benzene rings is 1. The van der Waals surface area contributed by atoms with Crippen LogP contribution in [0, 0.1) is 5.82 Å². The van der Waals surface area contributed by atoms with E-state index in [-0.39, 0.29) is 5.82 Å². The molecule has 1 heterocycles. The molecule has 2 N–H and O–H groups in total. The van der Waals surface area contributed by atoms with E-state index in [4.69, 9.17) is 5.73 Å². The van der Waals surface area contributed by atoms with Crippen LogP contribution in [0.3, 0.4) is 0 Å². The average Bonchev–Trinajstić information content (AvgIpc) is 2.21. The molecule has 0 fully saturated rings. The van der Waals surface area contributed by atoms with Gasteiger partial charge in [0.1, 0.15) is 5.82 Å². The summed E-state index contributed by atoms with van der Waals surface area (Å²) in [7, 11) is 0. The first-order valence-electron chi connectivity index (χ1n) is 4.66. The van der Waals surface area contributed by atoms with Crippen molar-refractivity contribution in [2.75, 3.05) is 5.73 Å². The van der Waals surface area contributed by atoms with E-state index in [1.54, 1.807) is 6.07 Å². The van der Waals surface area contributed by atoms with E-state index in [9.17, 15) is 4.39 Å². The van der Waals surface area contributed by atoms with Gasteiger partial charge in [-0.3, -0.25) is 4.98 Å². The lowest BCUT2D eigenvalue weighted by Crippen LogP contribution is -1.95. The fourth-order valence-electron chi connectivity index (χ4n) is 1.49. The number of aryl methyl sites for hydroxylation is 1. The fraction of sp³-hybridized carbons (Fsp3) is 0.182. The van der Waals surface area contributed by atoms with Crippen LogP contribution in [0.4, 0.5) is 10.1 Å². The zero-order valence-electron chi connectivity index (χ0n) is 8.22. The smallest absolute Gasteiger partial charge is 0.139 e. The molecule has 78 valence electrons. The Kier molecular flexibility index (Phi) is 2.61. The molecule has 0 amide bonds. The van der Waals surface area contributed by atoms with Crippen LogP contribution in [0.5, 0.6) is 0 Å². The predicted octanol–water partition coefficient (Wildman–Crippen LogP) is 3.28. The molecule has 0 unspecified atom stereocenters. The number of nitrogens with zero attached hydrogens (tertiary/aromatic N) is 1. The van der Waals surface area contributed by atoms with Crippen molar-refractivity contribution in [2.24, 2.45) is 0 Å². The molecule has 2 rings (SSSR count). The highest BCUT2D eigenvalue weighted by molar-refractivity contribution is 9.10. The third kappa shape index (κ3) is 1.81. The molecule has 0 atom stereocenters. The number of hydrogen-bond donors (Lipinski definition) is 1. The Hall–Kier alpha value is -1.16. The standard InChI is InChI=1S/C11H10BrFN2/c1-2-6-3-10(14)7-4-8(12)9(13)5-11(7)15-6/h3-5H,2H2,1H3,(H2,14,15). The van der Waals surface area contributed by atoms with E-state index in [1.807, 2.05) is 13.0 Å². The lowest BCUT2D eigenvalue weighted by Gasteiger charge is -2.05. The van der Waals surface area contributed by atoms with E-state index in [2.05, 4.69) is 20.9 Å². The topological polar surface area (TPSA) is 38.9 Å². The van der Waals surface area contributed by atoms with E-state index >= 15 is 0 Å². The molecule has 0 bridgehead atoms. The number of nitrogen functional groups attached to an aromatic ring is 1. The molecule has 0 radical (unpaired) electrons. The average molecular weight is 269 g/mol. The number of anilines is 1. The molecule has 0 aliphatic carbocycles. The summed E-state index contributed by atoms with van der Waals surface area (Å²) in [6.07, 6.45) is 0.790. The van der Waals surface area contributed by atoms with Gasteiger partial charge in [-0.2, -0.15) is 0 Å². The van der Waals surface area contributed by atoms with Gasteiger partial charge in [-0.15, -0.1) is 0 Å². The summed E-state index contributed by atoms with van der Waals surface area (Å²) in [4.78, 5) is 4.32. The van der Waals surface area contributed by atoms with Crippen LogP contribution >= 0.6 is 15.9 Å². The van der Waals surface area contributed by atoms with Gasteiger partial charge >= 0.3 is 0 Å². The van der Waals surface area contributed by atoms with Crippen LogP contribution in [-0.2, 0) is 6.42 Å². The molecule has 0 saturated heterocycles. The van der Waals surface area contributed by atoms with Crippen LogP contribution in [0.15, 0.2) is 22.7 Å². The zero-order chi connectivity index (χ0) is 11.0. The minimum Gasteiger partial charge on any atom is -0.398 e. The number of rotatable bonds is 1. The second kappa shape index (κ2) is 3.77. The number of halogens is 2. The predicted molar refractivity (Wildman–Crippen MR) is 63.2 cm³/mol. The van der Waals surface area contributed by atoms with Crippen LogP contribution in [0.2, 0.25) is 0 Å². The van der Waals surface area contributed by atoms with Crippen molar-refractivity contribution in [1.29, 1.82) is 0 Å². The summed E-state index contributed by atoms with van der Waals surface area (Å²) in [5, 5.41) is 0.778. The maximum atomic E-state index is 13.3. The van der Waals surface area contributed by atoms with Gasteiger partial charge in [0.2, 0.25) is 0 Å². The van der Waals surface area contributed by atoms with Gasteiger partial charge in [-0.05, 0) is 34.5 Å². The second-order valence-electron chi connectivity index (χ2n) is 3.34. The third-order valence-electron chi connectivity index (χ3n) is 2.30. The van der Waals surface area contributed by atoms with Crippen LogP contribution < -0.4 is 5.73 Å². The number of fused-ring (bicyclic) bond motifs is 1. The quantitative estimate of drug-likeness (QED) is 0.862. The molecule has 4 heteroatoms. The summed E-state index contributed by atoms with van der Waals surface area (Å²) < 4.78 is 13.7. The maximum absolute atomic E-state index is 13.3. The van der Waals surface area contributed by atoms with Gasteiger partial charge in [0.15, 0.2) is 0 Å². The first kappa shape index (κ1) is 10.4. The van der Waals surface area contributed by atoms with E-state index in [0.717, 1.165) is 17.5 Å². The van der Waals surface area contributed by atoms with Crippen molar-refractivity contribution in [3.8, 4) is 0 Å². The molecule has 2 nitrogen and oxygen atoms in total. The Bertz CT molecular complexity index is 525. The lowest BCUT2D eigenvalue weighted by atomic mass is 10.1. The highest BCUT2D eigenvalue weighted by atomic mass is 79.9. The Morgan fingerprint density at radius 3 is 2.80 bits per heavy atom. The highest BCUT2D eigenvalue weighted by Crippen LogP contribution is 2.26. The molecule has 1 aromatic carbocycles. The number of pyridine rings is 1. The van der Waals surface area contributed by atoms with Gasteiger partial charge < -0.3 is 5.73 Å². The summed E-state index contributed by atoms with van der Waals surface area (Å²) in [5.74, 6) is -0.317. The van der Waals surface area contributed by atoms with Crippen molar-refractivity contribution < 1.29 is 4.39 Å². The van der Waals surface area contributed by atoms with Gasteiger partial charge in [0.05, 0.1) is 9.99 Å². The Balaban J connectivity index is 2.80. The lowest BCUT2D eigenvalue weighted by molar-refractivity contribution is 0.623. The second-order valence-corrected chi connectivity index (χ2v) is 4.19. The van der Waals surface area contributed by atoms with Gasteiger partial charge in [0.25, 0.3) is 0 Å². The minimum absolute atomic E-state index is 0.317. The minimum atomic E-state index is -0.317. The highest BCUT2D eigenvalue weighted by Gasteiger charge is 2.07. The normalized spacial score (nSPS) is 10.9. The van der Waals surface area contributed by atoms with Gasteiger partial charge in [-0.1, -0.05) is 6.92 Å². The molecule has 2 aromatic rings. The number of nitrogens with two attached hydrogens (primary N) is 1. The van der Waals surface area contributed by atoms with Crippen molar-refractivity contribution in [1.82, 2.24) is 4.98 Å². The molecular formula is C11H10BrFN2. The van der Waals surface area contributed by atoms with Crippen molar-refractivity contribution in [2.45, 2.75) is 13.3 Å². The Morgan fingerprint density at radius 1 is 1.40 bits per heavy atom. The van der Waals surface area contributed by atoms with Gasteiger partial charge in [-0.25, -0.2) is 4.39 Å². The van der Waals surface area contributed by atoms with E-state index in [1.165, 1.54) is 6.07 Å². The molecule has 0 aliphatic heterocycles. The van der Waals surface area contributed by atoms with Crippen LogP contribution in [0.1, 0.15) is 12.6 Å². The third-order valence-corrected chi connectivity index (χ3v) is 2.91. The fourth-order valence-corrected chi connectivity index (χ4v) is 1.83. The summed E-state index contributed by atoms with van der Waals surface area (Å²) in [6, 6.07) is 4.88. The summed E-state index contributed by atoms with van der Waals surface area (Å²) in [5.41, 5.74) is 7.99. The monoisotopic (exact) mass is 268 g/mol. The number of aromatic nitrogens is 1. The van der Waals surface area contributed by atoms with Crippen molar-refractivity contribution >= 4 is 32.5 Å². The molecule has 0 aliphatic rings.